The standard InChI is InChI=1S/C20H23N3O5S/c1-4-29(27,28)21-17-7-5-6-15(10-17)16-8-9-18-19(11-16)22(20(25)26)12-13(2)23(18)14(3)24/h5-11,13,21H,4,12H2,1-3H3,(H,25,26)/t13-/m0/s1. The van der Waals surface area contributed by atoms with Crippen molar-refractivity contribution in [3.8, 4) is 11.1 Å². The molecule has 1 heterocycles. The lowest BCUT2D eigenvalue weighted by Crippen LogP contribution is -2.51. The fourth-order valence-electron chi connectivity index (χ4n) is 3.48. The van der Waals surface area contributed by atoms with Gasteiger partial charge in [0.25, 0.3) is 0 Å². The summed E-state index contributed by atoms with van der Waals surface area (Å²) in [7, 11) is -3.41. The van der Waals surface area contributed by atoms with Crippen molar-refractivity contribution < 1.29 is 23.1 Å². The number of hydrogen-bond donors (Lipinski definition) is 2. The van der Waals surface area contributed by atoms with Crippen LogP contribution >= 0.6 is 0 Å². The van der Waals surface area contributed by atoms with Gasteiger partial charge >= 0.3 is 6.09 Å². The summed E-state index contributed by atoms with van der Waals surface area (Å²) >= 11 is 0. The third-order valence-electron chi connectivity index (χ3n) is 4.83. The van der Waals surface area contributed by atoms with Gasteiger partial charge in [0, 0.05) is 19.2 Å². The second-order valence-corrected chi connectivity index (χ2v) is 8.93. The van der Waals surface area contributed by atoms with Crippen LogP contribution in [-0.4, -0.2) is 43.9 Å². The Morgan fingerprint density at radius 3 is 2.45 bits per heavy atom. The Bertz CT molecular complexity index is 1070. The van der Waals surface area contributed by atoms with Gasteiger partial charge in [0.15, 0.2) is 0 Å². The lowest BCUT2D eigenvalue weighted by atomic mass is 10.0. The predicted molar refractivity (Wildman–Crippen MR) is 113 cm³/mol. The van der Waals surface area contributed by atoms with Gasteiger partial charge in [-0.15, -0.1) is 0 Å². The maximum absolute atomic E-state index is 12.1. The molecule has 8 nitrogen and oxygen atoms in total. The number of nitrogens with one attached hydrogen (secondary N) is 1. The fourth-order valence-corrected chi connectivity index (χ4v) is 4.11. The van der Waals surface area contributed by atoms with E-state index in [1.165, 1.54) is 11.8 Å². The average Bonchev–Trinajstić information content (AvgIpc) is 2.66. The Kier molecular flexibility index (Phi) is 5.52. The molecule has 2 aromatic carbocycles. The van der Waals surface area contributed by atoms with Crippen molar-refractivity contribution in [2.75, 3.05) is 26.8 Å². The monoisotopic (exact) mass is 417 g/mol. The van der Waals surface area contributed by atoms with Crippen molar-refractivity contribution in [2.24, 2.45) is 0 Å². The molecule has 1 aliphatic heterocycles. The molecule has 154 valence electrons. The van der Waals surface area contributed by atoms with Gasteiger partial charge in [-0.25, -0.2) is 13.2 Å². The molecule has 2 N–H and O–H groups in total. The van der Waals surface area contributed by atoms with Crippen LogP contribution in [0.3, 0.4) is 0 Å². The number of anilines is 3. The molecule has 0 radical (unpaired) electrons. The molecule has 0 unspecified atom stereocenters. The highest BCUT2D eigenvalue weighted by atomic mass is 32.2. The maximum Gasteiger partial charge on any atom is 0.411 e. The number of benzene rings is 2. The van der Waals surface area contributed by atoms with E-state index in [1.54, 1.807) is 55.1 Å². The zero-order valence-electron chi connectivity index (χ0n) is 16.4. The van der Waals surface area contributed by atoms with E-state index < -0.39 is 16.1 Å². The average molecular weight is 417 g/mol. The van der Waals surface area contributed by atoms with E-state index in [4.69, 9.17) is 0 Å². The zero-order chi connectivity index (χ0) is 21.3. The number of sulfonamides is 1. The first-order chi connectivity index (χ1) is 13.6. The summed E-state index contributed by atoms with van der Waals surface area (Å²) in [5.74, 6) is -0.199. The molecule has 1 atom stereocenters. The minimum Gasteiger partial charge on any atom is -0.465 e. The molecule has 0 saturated heterocycles. The third-order valence-corrected chi connectivity index (χ3v) is 6.14. The van der Waals surface area contributed by atoms with Crippen molar-refractivity contribution in [1.82, 2.24) is 0 Å². The highest BCUT2D eigenvalue weighted by Gasteiger charge is 2.33. The van der Waals surface area contributed by atoms with Crippen LogP contribution in [0, 0.1) is 0 Å². The SMILES string of the molecule is CCS(=O)(=O)Nc1cccc(-c2ccc3c(c2)N(C(=O)O)C[C@H](C)N3C(C)=O)c1. The minimum absolute atomic E-state index is 0.0390. The van der Waals surface area contributed by atoms with E-state index in [0.717, 1.165) is 5.56 Å². The zero-order valence-corrected chi connectivity index (χ0v) is 17.2. The van der Waals surface area contributed by atoms with E-state index in [0.29, 0.717) is 22.6 Å². The number of carbonyl (C=O) groups excluding carboxylic acids is 1. The van der Waals surface area contributed by atoms with E-state index >= 15 is 0 Å². The van der Waals surface area contributed by atoms with Gasteiger partial charge in [0.05, 0.1) is 23.2 Å². The first kappa shape index (κ1) is 20.7. The summed E-state index contributed by atoms with van der Waals surface area (Å²) in [4.78, 5) is 26.7. The van der Waals surface area contributed by atoms with Gasteiger partial charge < -0.3 is 10.0 Å². The van der Waals surface area contributed by atoms with Crippen LogP contribution in [0.25, 0.3) is 11.1 Å². The summed E-state index contributed by atoms with van der Waals surface area (Å²) in [6.07, 6.45) is -1.09. The molecule has 29 heavy (non-hydrogen) atoms. The first-order valence-corrected chi connectivity index (χ1v) is 10.8. The Morgan fingerprint density at radius 1 is 1.14 bits per heavy atom. The summed E-state index contributed by atoms with van der Waals surface area (Å²) in [6.45, 7) is 4.98. The number of carboxylic acid groups (broad SMARTS) is 1. The molecule has 0 saturated carbocycles. The predicted octanol–water partition coefficient (Wildman–Crippen LogP) is 3.35. The van der Waals surface area contributed by atoms with E-state index in [1.807, 2.05) is 6.07 Å². The van der Waals surface area contributed by atoms with Crippen LogP contribution in [0.15, 0.2) is 42.5 Å². The fraction of sp³-hybridized carbons (Fsp3) is 0.300. The molecular formula is C20H23N3O5S. The topological polar surface area (TPSA) is 107 Å². The number of hydrogen-bond acceptors (Lipinski definition) is 4. The second kappa shape index (κ2) is 7.75. The minimum atomic E-state index is -3.41. The highest BCUT2D eigenvalue weighted by molar-refractivity contribution is 7.92. The molecule has 0 spiro atoms. The number of carbonyl (C=O) groups is 2. The first-order valence-electron chi connectivity index (χ1n) is 9.18. The Hall–Kier alpha value is -3.07. The Balaban J connectivity index is 2.07. The number of fused-ring (bicyclic) bond motifs is 1. The van der Waals surface area contributed by atoms with Crippen molar-refractivity contribution in [1.29, 1.82) is 0 Å². The molecule has 0 aromatic heterocycles. The van der Waals surface area contributed by atoms with Crippen LogP contribution in [-0.2, 0) is 14.8 Å². The Morgan fingerprint density at radius 2 is 1.83 bits per heavy atom. The lowest BCUT2D eigenvalue weighted by molar-refractivity contribution is -0.117. The normalized spacial score (nSPS) is 16.3. The molecule has 9 heteroatoms. The van der Waals surface area contributed by atoms with Crippen LogP contribution < -0.4 is 14.5 Å². The maximum atomic E-state index is 12.1. The van der Waals surface area contributed by atoms with Crippen LogP contribution in [0.4, 0.5) is 21.9 Å². The molecule has 2 aromatic rings. The van der Waals surface area contributed by atoms with Gasteiger partial charge in [-0.3, -0.25) is 14.4 Å². The van der Waals surface area contributed by atoms with Gasteiger partial charge in [0.1, 0.15) is 0 Å². The molecule has 0 aliphatic carbocycles. The van der Waals surface area contributed by atoms with Crippen LogP contribution in [0.2, 0.25) is 0 Å². The summed E-state index contributed by atoms with van der Waals surface area (Å²) < 4.78 is 26.2. The number of rotatable bonds is 4. The lowest BCUT2D eigenvalue weighted by Gasteiger charge is -2.39. The molecule has 0 fully saturated rings. The molecular weight excluding hydrogens is 394 g/mol. The molecule has 0 bridgehead atoms. The van der Waals surface area contributed by atoms with Crippen molar-refractivity contribution in [3.05, 3.63) is 42.5 Å². The number of nitrogens with zero attached hydrogens (tertiary/aromatic N) is 2. The van der Waals surface area contributed by atoms with E-state index in [9.17, 15) is 23.1 Å². The number of amides is 2. The molecule has 3 rings (SSSR count). The van der Waals surface area contributed by atoms with Crippen molar-refractivity contribution in [2.45, 2.75) is 26.8 Å². The largest absolute Gasteiger partial charge is 0.465 e. The Labute approximate surface area is 169 Å². The summed E-state index contributed by atoms with van der Waals surface area (Å²) in [6, 6.07) is 11.8. The van der Waals surface area contributed by atoms with Gasteiger partial charge in [0.2, 0.25) is 15.9 Å². The summed E-state index contributed by atoms with van der Waals surface area (Å²) in [5.41, 5.74) is 2.82. The quantitative estimate of drug-likeness (QED) is 0.793. The van der Waals surface area contributed by atoms with Gasteiger partial charge in [-0.2, -0.15) is 0 Å². The van der Waals surface area contributed by atoms with Crippen LogP contribution in [0.1, 0.15) is 20.8 Å². The summed E-state index contributed by atoms with van der Waals surface area (Å²) in [5, 5.41) is 9.63. The smallest absolute Gasteiger partial charge is 0.411 e. The van der Waals surface area contributed by atoms with E-state index in [2.05, 4.69) is 4.72 Å². The van der Waals surface area contributed by atoms with Crippen LogP contribution in [0.5, 0.6) is 0 Å². The second-order valence-electron chi connectivity index (χ2n) is 6.92. The van der Waals surface area contributed by atoms with Crippen molar-refractivity contribution >= 4 is 39.1 Å². The van der Waals surface area contributed by atoms with Gasteiger partial charge in [-0.05, 0) is 49.2 Å². The van der Waals surface area contributed by atoms with Crippen molar-refractivity contribution in [3.63, 3.8) is 0 Å². The molecule has 2 amide bonds. The van der Waals surface area contributed by atoms with Gasteiger partial charge in [-0.1, -0.05) is 18.2 Å². The van der Waals surface area contributed by atoms with E-state index in [-0.39, 0.29) is 24.2 Å². The highest BCUT2D eigenvalue weighted by Crippen LogP contribution is 2.39. The third kappa shape index (κ3) is 4.19. The molecule has 1 aliphatic rings.